The van der Waals surface area contributed by atoms with Crippen molar-refractivity contribution in [2.24, 2.45) is 4.76 Å². The van der Waals surface area contributed by atoms with Crippen molar-refractivity contribution in [3.05, 3.63) is 53.6 Å². The van der Waals surface area contributed by atoms with E-state index in [2.05, 4.69) is 71.0 Å². The molecule has 2 aromatic carbocycles. The van der Waals surface area contributed by atoms with Gasteiger partial charge in [-0.25, -0.2) is 4.76 Å². The van der Waals surface area contributed by atoms with Crippen LogP contribution in [-0.4, -0.2) is 37.7 Å². The third kappa shape index (κ3) is 2.67. The average Bonchev–Trinajstić information content (AvgIpc) is 3.07. The topological polar surface area (TPSA) is 22.1 Å². The van der Waals surface area contributed by atoms with Gasteiger partial charge in [-0.1, -0.05) is 42.5 Å². The molecule has 27 heavy (non-hydrogen) atoms. The summed E-state index contributed by atoms with van der Waals surface area (Å²) in [6, 6.07) is 15.4. The van der Waals surface area contributed by atoms with Crippen molar-refractivity contribution in [3.8, 4) is 0 Å². The molecule has 0 aromatic heterocycles. The lowest BCUT2D eigenvalue weighted by atomic mass is 10.1. The molecule has 0 bridgehead atoms. The fraction of sp³-hybridized carbons (Fsp3) is 0.381. The molecule has 0 aliphatic carbocycles. The van der Waals surface area contributed by atoms with E-state index in [1.54, 1.807) is 0 Å². The molecule has 6 heteroatoms. The molecule has 0 unspecified atom stereocenters. The standard InChI is InChI=1S/C21H25N4PS/c1-23(2)17-10-11-20-19(14-17)25-15-16-8-4-5-9-18(16)21(25)22-26(20,27)24-12-6-3-7-13-24/h4-5,8-11,14H,3,6-7,12-13,15H2,1-2H3/t26-/m1/s1. The van der Waals surface area contributed by atoms with E-state index < -0.39 is 6.34 Å². The van der Waals surface area contributed by atoms with Crippen molar-refractivity contribution in [1.82, 2.24) is 4.67 Å². The van der Waals surface area contributed by atoms with Crippen LogP contribution in [0.2, 0.25) is 0 Å². The van der Waals surface area contributed by atoms with Gasteiger partial charge in [0.05, 0.1) is 12.2 Å². The highest BCUT2D eigenvalue weighted by Gasteiger charge is 2.40. The van der Waals surface area contributed by atoms with Crippen LogP contribution in [0.4, 0.5) is 11.4 Å². The van der Waals surface area contributed by atoms with E-state index in [0.29, 0.717) is 0 Å². The number of benzene rings is 2. The summed E-state index contributed by atoms with van der Waals surface area (Å²) in [5, 5.41) is 1.27. The first-order chi connectivity index (χ1) is 13.1. The van der Waals surface area contributed by atoms with Crippen LogP contribution in [0.25, 0.3) is 0 Å². The maximum atomic E-state index is 6.40. The number of hydrogen-bond donors (Lipinski definition) is 0. The monoisotopic (exact) mass is 396 g/mol. The van der Waals surface area contributed by atoms with Crippen LogP contribution in [0.15, 0.2) is 47.2 Å². The molecule has 0 spiro atoms. The van der Waals surface area contributed by atoms with Gasteiger partial charge in [0.25, 0.3) is 0 Å². The number of piperidine rings is 1. The van der Waals surface area contributed by atoms with Crippen LogP contribution >= 0.6 is 6.34 Å². The summed E-state index contributed by atoms with van der Waals surface area (Å²) in [7, 11) is 4.19. The predicted octanol–water partition coefficient (Wildman–Crippen LogP) is 3.95. The molecule has 3 aliphatic rings. The first kappa shape index (κ1) is 17.4. The van der Waals surface area contributed by atoms with Gasteiger partial charge in [-0.3, -0.25) is 4.67 Å². The quantitative estimate of drug-likeness (QED) is 0.717. The lowest BCUT2D eigenvalue weighted by Crippen LogP contribution is -2.38. The van der Waals surface area contributed by atoms with Crippen LogP contribution in [0.5, 0.6) is 0 Å². The second kappa shape index (κ2) is 6.44. The largest absolute Gasteiger partial charge is 0.378 e. The molecule has 0 radical (unpaired) electrons. The molecule has 4 nitrogen and oxygen atoms in total. The molecule has 1 atom stereocenters. The number of anilines is 2. The van der Waals surface area contributed by atoms with Gasteiger partial charge in [0.15, 0.2) is 6.34 Å². The third-order valence-corrected chi connectivity index (χ3v) is 10.0. The van der Waals surface area contributed by atoms with Gasteiger partial charge in [-0.15, -0.1) is 0 Å². The minimum Gasteiger partial charge on any atom is -0.378 e. The number of nitrogens with zero attached hydrogens (tertiary/aromatic N) is 4. The Bertz CT molecular complexity index is 978. The molecule has 0 amide bonds. The number of amidine groups is 1. The molecular weight excluding hydrogens is 371 g/mol. The minimum absolute atomic E-state index is 0.883. The van der Waals surface area contributed by atoms with Gasteiger partial charge in [0.1, 0.15) is 5.84 Å². The van der Waals surface area contributed by atoms with E-state index in [1.165, 1.54) is 47.1 Å². The van der Waals surface area contributed by atoms with Crippen molar-refractivity contribution in [3.63, 3.8) is 0 Å². The fourth-order valence-electron chi connectivity index (χ4n) is 4.37. The average molecular weight is 397 g/mol. The lowest BCUT2D eigenvalue weighted by molar-refractivity contribution is 0.370. The summed E-state index contributed by atoms with van der Waals surface area (Å²) in [4.78, 5) is 4.54. The van der Waals surface area contributed by atoms with E-state index in [1.807, 2.05) is 0 Å². The molecule has 140 valence electrons. The summed E-state index contributed by atoms with van der Waals surface area (Å²) >= 11 is 6.40. The van der Waals surface area contributed by atoms with Crippen LogP contribution < -0.4 is 15.1 Å². The second-order valence-electron chi connectivity index (χ2n) is 7.79. The van der Waals surface area contributed by atoms with E-state index in [9.17, 15) is 0 Å². The molecule has 1 saturated heterocycles. The zero-order valence-corrected chi connectivity index (χ0v) is 17.6. The smallest absolute Gasteiger partial charge is 0.153 e. The molecule has 2 aromatic rings. The molecular formula is C21H25N4PS. The minimum atomic E-state index is -2.16. The number of rotatable bonds is 2. The van der Waals surface area contributed by atoms with Gasteiger partial charge in [-0.05, 0) is 36.6 Å². The Morgan fingerprint density at radius 3 is 2.59 bits per heavy atom. The number of fused-ring (bicyclic) bond motifs is 5. The van der Waals surface area contributed by atoms with Crippen LogP contribution in [0.3, 0.4) is 0 Å². The van der Waals surface area contributed by atoms with Gasteiger partial charge < -0.3 is 9.80 Å². The van der Waals surface area contributed by atoms with Crippen molar-refractivity contribution >= 4 is 40.7 Å². The highest BCUT2D eigenvalue weighted by atomic mass is 32.4. The Kier molecular flexibility index (Phi) is 4.15. The Morgan fingerprint density at radius 1 is 1.04 bits per heavy atom. The highest BCUT2D eigenvalue weighted by Crippen LogP contribution is 2.57. The predicted molar refractivity (Wildman–Crippen MR) is 119 cm³/mol. The molecule has 0 saturated carbocycles. The third-order valence-electron chi connectivity index (χ3n) is 5.87. The van der Waals surface area contributed by atoms with Crippen LogP contribution in [0.1, 0.15) is 30.4 Å². The van der Waals surface area contributed by atoms with E-state index in [-0.39, 0.29) is 0 Å². The maximum absolute atomic E-state index is 6.40. The van der Waals surface area contributed by atoms with Gasteiger partial charge in [0, 0.05) is 43.7 Å². The normalized spacial score (nSPS) is 24.1. The first-order valence-corrected chi connectivity index (χ1v) is 12.4. The summed E-state index contributed by atoms with van der Waals surface area (Å²) in [5.74, 6) is 1.09. The van der Waals surface area contributed by atoms with E-state index in [4.69, 9.17) is 16.6 Å². The van der Waals surface area contributed by atoms with E-state index >= 15 is 0 Å². The zero-order chi connectivity index (χ0) is 18.6. The molecule has 0 N–H and O–H groups in total. The van der Waals surface area contributed by atoms with Crippen molar-refractivity contribution in [2.75, 3.05) is 37.0 Å². The Hall–Kier alpha value is -1.68. The summed E-state index contributed by atoms with van der Waals surface area (Å²) in [5.41, 5.74) is 5.08. The van der Waals surface area contributed by atoms with Gasteiger partial charge in [-0.2, -0.15) is 0 Å². The first-order valence-electron chi connectivity index (χ1n) is 9.71. The molecule has 3 heterocycles. The van der Waals surface area contributed by atoms with Gasteiger partial charge >= 0.3 is 0 Å². The Labute approximate surface area is 166 Å². The SMILES string of the molecule is CN(C)c1ccc2c(c1)N1Cc3ccccc3C1=N[P@@]2(=S)N1CCCCC1. The Balaban J connectivity index is 1.72. The summed E-state index contributed by atoms with van der Waals surface area (Å²) in [6.45, 7) is 3.03. The second-order valence-corrected chi connectivity index (χ2v) is 11.7. The molecule has 5 rings (SSSR count). The van der Waals surface area contributed by atoms with Crippen molar-refractivity contribution in [2.45, 2.75) is 25.8 Å². The molecule has 1 fully saturated rings. The van der Waals surface area contributed by atoms with E-state index in [0.717, 1.165) is 25.5 Å². The van der Waals surface area contributed by atoms with Gasteiger partial charge in [0.2, 0.25) is 0 Å². The molecule has 3 aliphatic heterocycles. The zero-order valence-electron chi connectivity index (χ0n) is 15.9. The number of hydrogen-bond acceptors (Lipinski definition) is 3. The summed E-state index contributed by atoms with van der Waals surface area (Å²) in [6.07, 6.45) is 1.61. The van der Waals surface area contributed by atoms with Crippen LogP contribution in [-0.2, 0) is 18.4 Å². The Morgan fingerprint density at radius 2 is 1.81 bits per heavy atom. The van der Waals surface area contributed by atoms with Crippen LogP contribution in [0, 0.1) is 0 Å². The highest BCUT2D eigenvalue weighted by molar-refractivity contribution is 8.16. The maximum Gasteiger partial charge on any atom is 0.153 e. The fourth-order valence-corrected chi connectivity index (χ4v) is 8.15. The van der Waals surface area contributed by atoms with Crippen molar-refractivity contribution in [1.29, 1.82) is 0 Å². The lowest BCUT2D eigenvalue weighted by Gasteiger charge is -2.41. The summed E-state index contributed by atoms with van der Waals surface area (Å²) < 4.78 is 7.86. The van der Waals surface area contributed by atoms with Crippen molar-refractivity contribution < 1.29 is 0 Å².